The van der Waals surface area contributed by atoms with E-state index in [1.165, 1.54) is 0 Å². The third kappa shape index (κ3) is 4.79. The van der Waals surface area contributed by atoms with Crippen LogP contribution in [-0.2, 0) is 14.5 Å². The van der Waals surface area contributed by atoms with Gasteiger partial charge in [-0.1, -0.05) is 54.0 Å². The molecule has 1 aliphatic carbocycles. The fourth-order valence-electron chi connectivity index (χ4n) is 3.99. The molecule has 1 saturated carbocycles. The van der Waals surface area contributed by atoms with Crippen molar-refractivity contribution < 1.29 is 14.5 Å². The Hall–Kier alpha value is -1.56. The van der Waals surface area contributed by atoms with Crippen molar-refractivity contribution in [3.05, 3.63) is 70.2 Å². The Morgan fingerprint density at radius 2 is 1.79 bits per heavy atom. The molecule has 0 aromatic heterocycles. The van der Waals surface area contributed by atoms with Crippen LogP contribution in [0.3, 0.4) is 0 Å². The molecule has 2 aromatic carbocycles. The number of hydrogen-bond acceptors (Lipinski definition) is 4. The first-order valence-electron chi connectivity index (χ1n) is 9.90. The van der Waals surface area contributed by atoms with E-state index in [4.69, 9.17) is 37.7 Å². The molecule has 4 nitrogen and oxygen atoms in total. The number of aryl methyl sites for hydroxylation is 1. The number of benzene rings is 2. The van der Waals surface area contributed by atoms with Gasteiger partial charge in [-0.2, -0.15) is 0 Å². The zero-order chi connectivity index (χ0) is 20.4. The Bertz CT molecular complexity index is 863. The molecule has 4 rings (SSSR count). The highest BCUT2D eigenvalue weighted by atomic mass is 35.5. The molecule has 1 atom stereocenters. The summed E-state index contributed by atoms with van der Waals surface area (Å²) in [5.74, 6) is -0.674. The molecule has 154 valence electrons. The molecular formula is C23H25Cl2NO3. The number of halogens is 2. The molecule has 29 heavy (non-hydrogen) atoms. The summed E-state index contributed by atoms with van der Waals surface area (Å²) in [5, 5.41) is 4.75. The van der Waals surface area contributed by atoms with Gasteiger partial charge in [0.1, 0.15) is 6.10 Å². The van der Waals surface area contributed by atoms with Crippen LogP contribution in [0.25, 0.3) is 5.57 Å². The topological polar surface area (TPSA) is 39.7 Å². The lowest BCUT2D eigenvalue weighted by Crippen LogP contribution is -2.49. The van der Waals surface area contributed by atoms with Crippen LogP contribution in [0.15, 0.2) is 49.0 Å². The minimum absolute atomic E-state index is 0.300. The van der Waals surface area contributed by atoms with E-state index < -0.39 is 5.79 Å². The molecule has 0 radical (unpaired) electrons. The molecule has 1 saturated heterocycles. The summed E-state index contributed by atoms with van der Waals surface area (Å²) in [6.45, 7) is 6.70. The third-order valence-electron chi connectivity index (χ3n) is 5.67. The van der Waals surface area contributed by atoms with Crippen LogP contribution < -0.4 is 5.32 Å². The molecule has 1 aliphatic heterocycles. The third-order valence-corrected chi connectivity index (χ3v) is 6.11. The monoisotopic (exact) mass is 433 g/mol. The zero-order valence-electron chi connectivity index (χ0n) is 16.4. The number of ether oxygens (including phenoxy) is 1. The van der Waals surface area contributed by atoms with Crippen molar-refractivity contribution in [3.63, 3.8) is 0 Å². The first-order chi connectivity index (χ1) is 13.9. The first-order valence-corrected chi connectivity index (χ1v) is 10.7. The van der Waals surface area contributed by atoms with E-state index in [1.807, 2.05) is 30.3 Å². The van der Waals surface area contributed by atoms with E-state index in [9.17, 15) is 0 Å². The van der Waals surface area contributed by atoms with Gasteiger partial charge in [-0.3, -0.25) is 0 Å². The molecule has 0 bridgehead atoms. The van der Waals surface area contributed by atoms with Gasteiger partial charge in [0.15, 0.2) is 0 Å². The van der Waals surface area contributed by atoms with E-state index >= 15 is 0 Å². The standard InChI is InChI=1S/C23H25Cl2NO3/c1-15-5-3-4-6-21(15)16(2)22-14-27-23(29-28-22)9-7-19(8-10-23)26-20-12-17(24)11-18(25)13-20/h3-6,11-13,19,22,26H,2,7-10,14H2,1H3. The van der Waals surface area contributed by atoms with Gasteiger partial charge in [-0.25, -0.2) is 9.78 Å². The smallest absolute Gasteiger partial charge is 0.201 e. The Balaban J connectivity index is 1.31. The molecule has 2 aromatic rings. The van der Waals surface area contributed by atoms with Crippen LogP contribution >= 0.6 is 23.2 Å². The number of anilines is 1. The molecule has 1 heterocycles. The molecule has 0 amide bonds. The molecule has 2 fully saturated rings. The lowest BCUT2D eigenvalue weighted by Gasteiger charge is -2.43. The van der Waals surface area contributed by atoms with E-state index in [0.717, 1.165) is 48.1 Å². The van der Waals surface area contributed by atoms with Crippen molar-refractivity contribution in [2.24, 2.45) is 0 Å². The second kappa shape index (κ2) is 8.66. The summed E-state index contributed by atoms with van der Waals surface area (Å²) in [7, 11) is 0. The van der Waals surface area contributed by atoms with Crippen LogP contribution in [0.2, 0.25) is 10.0 Å². The van der Waals surface area contributed by atoms with Crippen molar-refractivity contribution in [1.29, 1.82) is 0 Å². The number of rotatable bonds is 4. The summed E-state index contributed by atoms with van der Waals surface area (Å²) in [6, 6.07) is 13.9. The summed E-state index contributed by atoms with van der Waals surface area (Å²) in [6.07, 6.45) is 3.00. The molecule has 1 unspecified atom stereocenters. The summed E-state index contributed by atoms with van der Waals surface area (Å²) in [4.78, 5) is 11.5. The predicted octanol–water partition coefficient (Wildman–Crippen LogP) is 6.41. The fourth-order valence-corrected chi connectivity index (χ4v) is 4.52. The van der Waals surface area contributed by atoms with Crippen molar-refractivity contribution in [1.82, 2.24) is 0 Å². The second-order valence-electron chi connectivity index (χ2n) is 7.81. The van der Waals surface area contributed by atoms with Crippen molar-refractivity contribution in [2.75, 3.05) is 11.9 Å². The van der Waals surface area contributed by atoms with Gasteiger partial charge in [0.25, 0.3) is 0 Å². The van der Waals surface area contributed by atoms with E-state index in [1.54, 1.807) is 6.07 Å². The van der Waals surface area contributed by atoms with Gasteiger partial charge in [-0.15, -0.1) is 0 Å². The largest absolute Gasteiger partial charge is 0.382 e. The molecule has 6 heteroatoms. The quantitative estimate of drug-likeness (QED) is 0.565. The van der Waals surface area contributed by atoms with Crippen LogP contribution in [0.1, 0.15) is 36.8 Å². The first kappa shape index (κ1) is 20.7. The average Bonchev–Trinajstić information content (AvgIpc) is 2.70. The van der Waals surface area contributed by atoms with E-state index in [2.05, 4.69) is 24.9 Å². The summed E-state index contributed by atoms with van der Waals surface area (Å²) < 4.78 is 6.16. The maximum absolute atomic E-state index is 6.16. The molecule has 1 N–H and O–H groups in total. The fraction of sp³-hybridized carbons (Fsp3) is 0.391. The van der Waals surface area contributed by atoms with Gasteiger partial charge in [-0.05, 0) is 54.7 Å². The van der Waals surface area contributed by atoms with Crippen LogP contribution in [0.5, 0.6) is 0 Å². The molecule has 1 spiro atoms. The van der Waals surface area contributed by atoms with E-state index in [-0.39, 0.29) is 6.10 Å². The number of nitrogens with one attached hydrogen (secondary N) is 1. The van der Waals surface area contributed by atoms with Gasteiger partial charge in [0.05, 0.1) is 6.61 Å². The van der Waals surface area contributed by atoms with Crippen molar-refractivity contribution >= 4 is 34.5 Å². The zero-order valence-corrected chi connectivity index (χ0v) is 17.9. The Morgan fingerprint density at radius 1 is 1.10 bits per heavy atom. The van der Waals surface area contributed by atoms with Crippen LogP contribution in [0.4, 0.5) is 5.69 Å². The minimum atomic E-state index is -0.674. The second-order valence-corrected chi connectivity index (χ2v) is 8.68. The maximum atomic E-state index is 6.16. The highest BCUT2D eigenvalue weighted by Crippen LogP contribution is 2.39. The summed E-state index contributed by atoms with van der Waals surface area (Å²) in [5.41, 5.74) is 4.05. The Kier molecular flexibility index (Phi) is 6.19. The van der Waals surface area contributed by atoms with Gasteiger partial charge in [0, 0.05) is 34.6 Å². The molecule has 2 aliphatic rings. The predicted molar refractivity (Wildman–Crippen MR) is 117 cm³/mol. The maximum Gasteiger partial charge on any atom is 0.201 e. The SMILES string of the molecule is C=C(c1ccccc1C)C1COC2(CCC(Nc3cc(Cl)cc(Cl)c3)CC2)OO1. The highest BCUT2D eigenvalue weighted by molar-refractivity contribution is 6.35. The number of hydrogen-bond donors (Lipinski definition) is 1. The lowest BCUT2D eigenvalue weighted by atomic mass is 9.89. The van der Waals surface area contributed by atoms with Crippen molar-refractivity contribution in [3.8, 4) is 0 Å². The molecular weight excluding hydrogens is 409 g/mol. The highest BCUT2D eigenvalue weighted by Gasteiger charge is 2.43. The van der Waals surface area contributed by atoms with E-state index in [0.29, 0.717) is 22.7 Å². The minimum Gasteiger partial charge on any atom is -0.382 e. The van der Waals surface area contributed by atoms with Gasteiger partial charge >= 0.3 is 0 Å². The van der Waals surface area contributed by atoms with Crippen LogP contribution in [-0.4, -0.2) is 24.5 Å². The van der Waals surface area contributed by atoms with Gasteiger partial charge < -0.3 is 10.1 Å². The Labute approximate surface area is 181 Å². The van der Waals surface area contributed by atoms with Gasteiger partial charge in [0.2, 0.25) is 5.79 Å². The lowest BCUT2D eigenvalue weighted by molar-refractivity contribution is -0.483. The summed E-state index contributed by atoms with van der Waals surface area (Å²) >= 11 is 12.2. The van der Waals surface area contributed by atoms with Crippen molar-refractivity contribution in [2.45, 2.75) is 50.5 Å². The average molecular weight is 434 g/mol. The normalized spacial score (nSPS) is 27.0. The Morgan fingerprint density at radius 3 is 2.41 bits per heavy atom. The van der Waals surface area contributed by atoms with Crippen LogP contribution in [0, 0.1) is 6.92 Å².